The Labute approximate surface area is 160 Å². The second-order valence-corrected chi connectivity index (χ2v) is 6.11. The van der Waals surface area contributed by atoms with Crippen molar-refractivity contribution in [2.24, 2.45) is 0 Å². The van der Waals surface area contributed by atoms with Gasteiger partial charge in [0.05, 0.1) is 14.2 Å². The first kappa shape index (κ1) is 19.9. The number of carbonyl (C=O) groups excluding carboxylic acids is 2. The van der Waals surface area contributed by atoms with E-state index in [0.29, 0.717) is 21.5 Å². The molecule has 0 heterocycles. The summed E-state index contributed by atoms with van der Waals surface area (Å²) in [6, 6.07) is 9.39. The highest BCUT2D eigenvalue weighted by Crippen LogP contribution is 2.31. The average Bonchev–Trinajstić information content (AvgIpc) is 2.59. The fourth-order valence-electron chi connectivity index (χ4n) is 2.20. The van der Waals surface area contributed by atoms with E-state index in [-0.39, 0.29) is 11.3 Å². The van der Waals surface area contributed by atoms with Crippen molar-refractivity contribution in [2.75, 3.05) is 19.5 Å². The Hall–Kier alpha value is -2.44. The van der Waals surface area contributed by atoms with Crippen LogP contribution in [0.1, 0.15) is 17.3 Å². The average molecular weight is 398 g/mol. The fraction of sp³-hybridized carbons (Fsp3) is 0.222. The molecule has 2 aromatic rings. The van der Waals surface area contributed by atoms with E-state index in [2.05, 4.69) is 5.32 Å². The van der Waals surface area contributed by atoms with Gasteiger partial charge in [0.25, 0.3) is 5.91 Å². The molecule has 0 bridgehead atoms. The highest BCUT2D eigenvalue weighted by atomic mass is 35.5. The maximum Gasteiger partial charge on any atom is 0.342 e. The molecular weight excluding hydrogens is 381 g/mol. The number of benzene rings is 2. The van der Waals surface area contributed by atoms with Gasteiger partial charge in [0.2, 0.25) is 0 Å². The molecule has 0 fully saturated rings. The summed E-state index contributed by atoms with van der Waals surface area (Å²) in [7, 11) is 2.87. The predicted octanol–water partition coefficient (Wildman–Crippen LogP) is 4.19. The van der Waals surface area contributed by atoms with Gasteiger partial charge in [0.15, 0.2) is 17.6 Å². The summed E-state index contributed by atoms with van der Waals surface area (Å²) in [5, 5.41) is 3.34. The van der Waals surface area contributed by atoms with E-state index in [1.165, 1.54) is 45.4 Å². The lowest BCUT2D eigenvalue weighted by atomic mass is 10.2. The molecule has 0 aliphatic rings. The highest BCUT2D eigenvalue weighted by Gasteiger charge is 2.23. The van der Waals surface area contributed by atoms with Crippen LogP contribution < -0.4 is 14.8 Å². The Kier molecular flexibility index (Phi) is 6.71. The molecule has 0 aromatic heterocycles. The lowest BCUT2D eigenvalue weighted by molar-refractivity contribution is -0.123. The van der Waals surface area contributed by atoms with Crippen LogP contribution in [0.4, 0.5) is 5.69 Å². The molecule has 0 spiro atoms. The number of esters is 1. The first-order chi connectivity index (χ1) is 12.3. The standard InChI is InChI=1S/C18H17Cl2NO5/c1-10(17(22)21-13-8-11(19)7-12(20)9-13)26-18(23)14-5-4-6-15(24-2)16(14)25-3/h4-10H,1-3H3,(H,21,22)/t10-/m1/s1. The van der Waals surface area contributed by atoms with Gasteiger partial charge in [-0.15, -0.1) is 0 Å². The molecule has 1 N–H and O–H groups in total. The molecule has 6 nitrogen and oxygen atoms in total. The van der Waals surface area contributed by atoms with Crippen molar-refractivity contribution in [3.63, 3.8) is 0 Å². The van der Waals surface area contributed by atoms with Crippen molar-refractivity contribution in [3.05, 3.63) is 52.0 Å². The van der Waals surface area contributed by atoms with Crippen molar-refractivity contribution in [1.29, 1.82) is 0 Å². The third kappa shape index (κ3) is 4.80. The van der Waals surface area contributed by atoms with Gasteiger partial charge >= 0.3 is 5.97 Å². The van der Waals surface area contributed by atoms with Crippen LogP contribution in [0.2, 0.25) is 10.0 Å². The largest absolute Gasteiger partial charge is 0.493 e. The van der Waals surface area contributed by atoms with Crippen LogP contribution in [0.15, 0.2) is 36.4 Å². The Bertz CT molecular complexity index is 805. The number of methoxy groups -OCH3 is 2. The summed E-state index contributed by atoms with van der Waals surface area (Å²) in [5.74, 6) is -0.632. The van der Waals surface area contributed by atoms with E-state index in [1.807, 2.05) is 0 Å². The Balaban J connectivity index is 2.10. The normalized spacial score (nSPS) is 11.4. The molecule has 0 aliphatic carbocycles. The number of ether oxygens (including phenoxy) is 3. The van der Waals surface area contributed by atoms with Gasteiger partial charge in [-0.1, -0.05) is 29.3 Å². The zero-order valence-corrected chi connectivity index (χ0v) is 15.9. The Morgan fingerprint density at radius 2 is 1.69 bits per heavy atom. The lowest BCUT2D eigenvalue weighted by Gasteiger charge is -2.16. The first-order valence-electron chi connectivity index (χ1n) is 7.54. The SMILES string of the molecule is COc1cccc(C(=O)O[C@H](C)C(=O)Nc2cc(Cl)cc(Cl)c2)c1OC. The van der Waals surface area contributed by atoms with Gasteiger partial charge < -0.3 is 19.5 Å². The maximum atomic E-state index is 12.4. The number of hydrogen-bond donors (Lipinski definition) is 1. The van der Waals surface area contributed by atoms with Crippen LogP contribution >= 0.6 is 23.2 Å². The molecule has 2 aromatic carbocycles. The smallest absolute Gasteiger partial charge is 0.342 e. The van der Waals surface area contributed by atoms with Gasteiger partial charge in [-0.2, -0.15) is 0 Å². The molecule has 1 amide bonds. The van der Waals surface area contributed by atoms with Crippen LogP contribution in [0, 0.1) is 0 Å². The summed E-state index contributed by atoms with van der Waals surface area (Å²) in [5.41, 5.74) is 0.548. The lowest BCUT2D eigenvalue weighted by Crippen LogP contribution is -2.30. The molecule has 138 valence electrons. The molecule has 0 radical (unpaired) electrons. The number of rotatable bonds is 6. The fourth-order valence-corrected chi connectivity index (χ4v) is 2.72. The van der Waals surface area contributed by atoms with Crippen molar-refractivity contribution in [1.82, 2.24) is 0 Å². The number of amides is 1. The van der Waals surface area contributed by atoms with E-state index < -0.39 is 18.0 Å². The molecule has 0 saturated carbocycles. The van der Waals surface area contributed by atoms with Crippen molar-refractivity contribution >= 4 is 40.8 Å². The zero-order chi connectivity index (χ0) is 19.3. The Morgan fingerprint density at radius 3 is 2.27 bits per heavy atom. The minimum absolute atomic E-state index is 0.150. The third-order valence-electron chi connectivity index (χ3n) is 3.41. The zero-order valence-electron chi connectivity index (χ0n) is 14.3. The van der Waals surface area contributed by atoms with Gasteiger partial charge in [0.1, 0.15) is 5.56 Å². The molecule has 8 heteroatoms. The molecule has 0 aliphatic heterocycles. The minimum Gasteiger partial charge on any atom is -0.493 e. The van der Waals surface area contributed by atoms with Crippen LogP contribution in [-0.2, 0) is 9.53 Å². The topological polar surface area (TPSA) is 73.9 Å². The monoisotopic (exact) mass is 397 g/mol. The van der Waals surface area contributed by atoms with Gasteiger partial charge in [-0.05, 0) is 37.3 Å². The van der Waals surface area contributed by atoms with Gasteiger partial charge in [-0.25, -0.2) is 4.79 Å². The number of carbonyl (C=O) groups is 2. The number of nitrogens with one attached hydrogen (secondary N) is 1. The predicted molar refractivity (Wildman–Crippen MR) is 99.5 cm³/mol. The number of para-hydroxylation sites is 1. The van der Waals surface area contributed by atoms with E-state index in [9.17, 15) is 9.59 Å². The molecule has 0 saturated heterocycles. The van der Waals surface area contributed by atoms with Crippen molar-refractivity contribution in [2.45, 2.75) is 13.0 Å². The highest BCUT2D eigenvalue weighted by molar-refractivity contribution is 6.35. The third-order valence-corrected chi connectivity index (χ3v) is 3.84. The maximum absolute atomic E-state index is 12.4. The Morgan fingerprint density at radius 1 is 1.04 bits per heavy atom. The van der Waals surface area contributed by atoms with E-state index in [1.54, 1.807) is 12.1 Å². The number of halogens is 2. The summed E-state index contributed by atoms with van der Waals surface area (Å²) in [6.07, 6.45) is -1.06. The molecule has 0 unspecified atom stereocenters. The van der Waals surface area contributed by atoms with Crippen molar-refractivity contribution in [3.8, 4) is 11.5 Å². The van der Waals surface area contributed by atoms with Gasteiger partial charge in [-0.3, -0.25) is 4.79 Å². The first-order valence-corrected chi connectivity index (χ1v) is 8.30. The second-order valence-electron chi connectivity index (χ2n) is 5.24. The van der Waals surface area contributed by atoms with Crippen LogP contribution in [0.5, 0.6) is 11.5 Å². The molecule has 2 rings (SSSR count). The molecular formula is C18H17Cl2NO5. The summed E-state index contributed by atoms with van der Waals surface area (Å²) in [4.78, 5) is 24.6. The van der Waals surface area contributed by atoms with Crippen molar-refractivity contribution < 1.29 is 23.8 Å². The van der Waals surface area contributed by atoms with Crippen LogP contribution in [0.3, 0.4) is 0 Å². The van der Waals surface area contributed by atoms with Gasteiger partial charge in [0, 0.05) is 15.7 Å². The van der Waals surface area contributed by atoms with E-state index >= 15 is 0 Å². The van der Waals surface area contributed by atoms with E-state index in [0.717, 1.165) is 0 Å². The minimum atomic E-state index is -1.06. The van der Waals surface area contributed by atoms with Crippen LogP contribution in [-0.4, -0.2) is 32.2 Å². The number of anilines is 1. The summed E-state index contributed by atoms with van der Waals surface area (Å²) >= 11 is 11.8. The molecule has 1 atom stereocenters. The summed E-state index contributed by atoms with van der Waals surface area (Å²) < 4.78 is 15.6. The second kappa shape index (κ2) is 8.78. The van der Waals surface area contributed by atoms with Crippen LogP contribution in [0.25, 0.3) is 0 Å². The molecule has 26 heavy (non-hydrogen) atoms. The number of hydrogen-bond acceptors (Lipinski definition) is 5. The van der Waals surface area contributed by atoms with E-state index in [4.69, 9.17) is 37.4 Å². The quantitative estimate of drug-likeness (QED) is 0.739. The summed E-state index contributed by atoms with van der Waals surface area (Å²) in [6.45, 7) is 1.45.